The average Bonchev–Trinajstić information content (AvgIpc) is 3.43. The maximum absolute atomic E-state index is 13.1. The van der Waals surface area contributed by atoms with Gasteiger partial charge in [-0.15, -0.1) is 11.3 Å². The number of fused-ring (bicyclic) bond motifs is 2. The predicted octanol–water partition coefficient (Wildman–Crippen LogP) is 2.71. The van der Waals surface area contributed by atoms with Crippen LogP contribution in [0.15, 0.2) is 58.1 Å². The first kappa shape index (κ1) is 17.1. The van der Waals surface area contributed by atoms with Gasteiger partial charge in [0, 0.05) is 23.8 Å². The highest BCUT2D eigenvalue weighted by Crippen LogP contribution is 2.33. The maximum Gasteiger partial charge on any atom is 0.265 e. The van der Waals surface area contributed by atoms with E-state index in [0.717, 1.165) is 5.69 Å². The molecule has 3 aromatic heterocycles. The van der Waals surface area contributed by atoms with Gasteiger partial charge >= 0.3 is 0 Å². The highest BCUT2D eigenvalue weighted by atomic mass is 32.2. The molecule has 0 fully saturated rings. The van der Waals surface area contributed by atoms with Crippen LogP contribution in [0.1, 0.15) is 12.5 Å². The molecule has 1 atom stereocenters. The summed E-state index contributed by atoms with van der Waals surface area (Å²) in [5.41, 5.74) is 1.21. The van der Waals surface area contributed by atoms with E-state index < -0.39 is 0 Å². The molecule has 1 aromatic carbocycles. The molecule has 0 radical (unpaired) electrons. The van der Waals surface area contributed by atoms with Crippen LogP contribution in [0.25, 0.3) is 16.7 Å². The van der Waals surface area contributed by atoms with Gasteiger partial charge in [0.2, 0.25) is 5.91 Å². The monoisotopic (exact) mass is 410 g/mol. The van der Waals surface area contributed by atoms with Crippen LogP contribution in [-0.2, 0) is 4.79 Å². The number of benzene rings is 1. The summed E-state index contributed by atoms with van der Waals surface area (Å²) >= 11 is 2.84. The lowest BCUT2D eigenvalue weighted by Crippen LogP contribution is -2.27. The van der Waals surface area contributed by atoms with Crippen LogP contribution in [0, 0.1) is 0 Å². The predicted molar refractivity (Wildman–Crippen MR) is 108 cm³/mol. The van der Waals surface area contributed by atoms with Gasteiger partial charge in [0.15, 0.2) is 15.9 Å². The Balaban J connectivity index is 1.49. The molecule has 0 saturated carbocycles. The van der Waals surface area contributed by atoms with Gasteiger partial charge in [-0.05, 0) is 12.1 Å². The van der Waals surface area contributed by atoms with E-state index in [2.05, 4.69) is 20.4 Å². The second kappa shape index (κ2) is 6.88. The van der Waals surface area contributed by atoms with Crippen LogP contribution in [-0.4, -0.2) is 36.0 Å². The molecule has 1 amide bonds. The van der Waals surface area contributed by atoms with Gasteiger partial charge in [-0.2, -0.15) is 5.10 Å². The van der Waals surface area contributed by atoms with Crippen molar-refractivity contribution in [3.05, 3.63) is 58.5 Å². The molecule has 28 heavy (non-hydrogen) atoms. The Morgan fingerprint density at radius 2 is 2.14 bits per heavy atom. The molecule has 0 bridgehead atoms. The fourth-order valence-corrected chi connectivity index (χ4v) is 4.88. The van der Waals surface area contributed by atoms with Crippen molar-refractivity contribution in [1.29, 1.82) is 0 Å². The van der Waals surface area contributed by atoms with E-state index in [-0.39, 0.29) is 23.9 Å². The van der Waals surface area contributed by atoms with E-state index in [1.54, 1.807) is 27.0 Å². The van der Waals surface area contributed by atoms with Crippen LogP contribution < -0.4 is 10.9 Å². The fraction of sp³-hybridized carbons (Fsp3) is 0.167. The third-order valence-corrected chi connectivity index (χ3v) is 6.26. The zero-order chi connectivity index (χ0) is 19.1. The number of thioether (sulfide) groups is 1. The van der Waals surface area contributed by atoms with E-state index in [0.29, 0.717) is 27.1 Å². The third-order valence-electron chi connectivity index (χ3n) is 4.47. The van der Waals surface area contributed by atoms with Crippen molar-refractivity contribution in [3.63, 3.8) is 0 Å². The number of hydrogen-bond donors (Lipinski definition) is 1. The Morgan fingerprint density at radius 3 is 2.93 bits per heavy atom. The zero-order valence-corrected chi connectivity index (χ0v) is 16.1. The topological polar surface area (TPSA) is 94.7 Å². The van der Waals surface area contributed by atoms with E-state index in [1.165, 1.54) is 23.1 Å². The van der Waals surface area contributed by atoms with Gasteiger partial charge < -0.3 is 5.32 Å². The first-order valence-electron chi connectivity index (χ1n) is 8.58. The lowest BCUT2D eigenvalue weighted by molar-refractivity contribution is -0.116. The van der Waals surface area contributed by atoms with Crippen LogP contribution >= 0.6 is 23.1 Å². The van der Waals surface area contributed by atoms with Crippen molar-refractivity contribution >= 4 is 45.2 Å². The number of nitrogens with zero attached hydrogens (tertiary/aromatic N) is 5. The summed E-state index contributed by atoms with van der Waals surface area (Å²) in [7, 11) is 0. The molecule has 0 aliphatic carbocycles. The highest BCUT2D eigenvalue weighted by Gasteiger charge is 2.29. The zero-order valence-electron chi connectivity index (χ0n) is 14.5. The van der Waals surface area contributed by atoms with Crippen molar-refractivity contribution in [3.8, 4) is 5.69 Å². The molecular weight excluding hydrogens is 396 g/mol. The Bertz CT molecular complexity index is 1220. The van der Waals surface area contributed by atoms with Crippen molar-refractivity contribution in [1.82, 2.24) is 24.3 Å². The average molecular weight is 410 g/mol. The molecule has 5 rings (SSSR count). The van der Waals surface area contributed by atoms with Crippen LogP contribution in [0.4, 0.5) is 5.13 Å². The first-order valence-corrected chi connectivity index (χ1v) is 10.4. The summed E-state index contributed by atoms with van der Waals surface area (Å²) < 4.78 is 3.28. The molecule has 1 aliphatic heterocycles. The molecule has 1 N–H and O–H groups in total. The molecule has 4 heterocycles. The molecule has 0 spiro atoms. The van der Waals surface area contributed by atoms with E-state index in [1.807, 2.05) is 30.3 Å². The molecular formula is C18H14N6O2S2. The number of anilines is 1. The number of thiazole rings is 1. The molecule has 0 saturated heterocycles. The number of carbonyl (C=O) groups excluding carboxylic acids is 1. The SMILES string of the molecule is O=C(C[C@@H]1CSc2nc3c(cnn3-c3ccccc3)c(=O)n21)Nc1nccs1. The van der Waals surface area contributed by atoms with Gasteiger partial charge in [-0.25, -0.2) is 14.6 Å². The minimum Gasteiger partial charge on any atom is -0.302 e. The Hall–Kier alpha value is -2.98. The molecule has 10 heteroatoms. The van der Waals surface area contributed by atoms with Crippen LogP contribution in [0.3, 0.4) is 0 Å². The van der Waals surface area contributed by atoms with E-state index >= 15 is 0 Å². The lowest BCUT2D eigenvalue weighted by atomic mass is 10.2. The molecule has 1 aliphatic rings. The number of amides is 1. The van der Waals surface area contributed by atoms with Crippen molar-refractivity contribution in [2.45, 2.75) is 17.6 Å². The molecule has 140 valence electrons. The normalized spacial score (nSPS) is 15.6. The van der Waals surface area contributed by atoms with Gasteiger partial charge in [0.05, 0.1) is 17.9 Å². The number of aromatic nitrogens is 5. The largest absolute Gasteiger partial charge is 0.302 e. The quantitative estimate of drug-likeness (QED) is 0.520. The van der Waals surface area contributed by atoms with Crippen molar-refractivity contribution in [2.75, 3.05) is 11.1 Å². The Morgan fingerprint density at radius 1 is 1.29 bits per heavy atom. The second-order valence-corrected chi connectivity index (χ2v) is 8.13. The number of para-hydroxylation sites is 1. The summed E-state index contributed by atoms with van der Waals surface area (Å²) in [6, 6.07) is 9.33. The fourth-order valence-electron chi connectivity index (χ4n) is 3.21. The first-order chi connectivity index (χ1) is 13.7. The van der Waals surface area contributed by atoms with Gasteiger partial charge in [-0.3, -0.25) is 14.2 Å². The van der Waals surface area contributed by atoms with Crippen molar-refractivity contribution in [2.24, 2.45) is 0 Å². The summed E-state index contributed by atoms with van der Waals surface area (Å²) in [6.07, 6.45) is 3.37. The minimum atomic E-state index is -0.246. The number of carbonyl (C=O) groups is 1. The second-order valence-electron chi connectivity index (χ2n) is 6.25. The van der Waals surface area contributed by atoms with Crippen LogP contribution in [0.2, 0.25) is 0 Å². The molecule has 0 unspecified atom stereocenters. The Labute approximate surface area is 167 Å². The van der Waals surface area contributed by atoms with Crippen molar-refractivity contribution < 1.29 is 4.79 Å². The smallest absolute Gasteiger partial charge is 0.265 e. The summed E-state index contributed by atoms with van der Waals surface area (Å²) in [5, 5.41) is 10.5. The summed E-state index contributed by atoms with van der Waals surface area (Å²) in [6.45, 7) is 0. The standard InChI is InChI=1S/C18H14N6O2S2/c25-14(21-17-19-6-7-27-17)8-12-10-28-18-22-15-13(16(26)23(12)18)9-20-24(15)11-4-2-1-3-5-11/h1-7,9,12H,8,10H2,(H,19,21,25)/t12-/m1/s1. The van der Waals surface area contributed by atoms with E-state index in [9.17, 15) is 9.59 Å². The number of nitrogens with one attached hydrogen (secondary N) is 1. The molecule has 8 nitrogen and oxygen atoms in total. The lowest BCUT2D eigenvalue weighted by Gasteiger charge is -2.12. The molecule has 4 aromatic rings. The number of rotatable bonds is 4. The maximum atomic E-state index is 13.1. The highest BCUT2D eigenvalue weighted by molar-refractivity contribution is 7.99. The number of hydrogen-bond acceptors (Lipinski definition) is 7. The minimum absolute atomic E-state index is 0.166. The van der Waals surface area contributed by atoms with Crippen LogP contribution in [0.5, 0.6) is 0 Å². The summed E-state index contributed by atoms with van der Waals surface area (Å²) in [5.74, 6) is 0.458. The van der Waals surface area contributed by atoms with Gasteiger partial charge in [-0.1, -0.05) is 30.0 Å². The van der Waals surface area contributed by atoms with Gasteiger partial charge in [0.1, 0.15) is 5.39 Å². The summed E-state index contributed by atoms with van der Waals surface area (Å²) in [4.78, 5) is 34.1. The Kier molecular flexibility index (Phi) is 4.21. The third kappa shape index (κ3) is 2.90. The van der Waals surface area contributed by atoms with Gasteiger partial charge in [0.25, 0.3) is 5.56 Å². The van der Waals surface area contributed by atoms with E-state index in [4.69, 9.17) is 0 Å².